The van der Waals surface area contributed by atoms with Crippen LogP contribution in [-0.4, -0.2) is 11.1 Å². The van der Waals surface area contributed by atoms with E-state index >= 15 is 0 Å². The zero-order valence-corrected chi connectivity index (χ0v) is 8.54. The van der Waals surface area contributed by atoms with Gasteiger partial charge >= 0.3 is 5.97 Å². The van der Waals surface area contributed by atoms with Crippen molar-refractivity contribution >= 4 is 21.9 Å². The number of benzene rings is 1. The van der Waals surface area contributed by atoms with Crippen molar-refractivity contribution in [3.05, 3.63) is 33.8 Å². The quantitative estimate of drug-likeness (QED) is 0.863. The number of carbonyl (C=O) groups is 1. The summed E-state index contributed by atoms with van der Waals surface area (Å²) in [4.78, 5) is 10.9. The molecule has 1 aliphatic carbocycles. The van der Waals surface area contributed by atoms with Crippen molar-refractivity contribution in [2.75, 3.05) is 0 Å². The molecule has 0 radical (unpaired) electrons. The molecule has 1 N–H and O–H groups in total. The van der Waals surface area contributed by atoms with E-state index in [1.165, 1.54) is 0 Å². The van der Waals surface area contributed by atoms with Crippen LogP contribution in [-0.2, 0) is 0 Å². The Labute approximate surface area is 84.7 Å². The molecule has 0 aliphatic heterocycles. The lowest BCUT2D eigenvalue weighted by atomic mass is 10.0. The van der Waals surface area contributed by atoms with Crippen molar-refractivity contribution in [1.29, 1.82) is 0 Å². The zero-order chi connectivity index (χ0) is 9.42. The van der Waals surface area contributed by atoms with Crippen LogP contribution in [0.5, 0.6) is 0 Å². The first-order valence-electron chi connectivity index (χ1n) is 4.21. The van der Waals surface area contributed by atoms with Crippen molar-refractivity contribution in [3.8, 4) is 0 Å². The van der Waals surface area contributed by atoms with Gasteiger partial charge < -0.3 is 5.11 Å². The smallest absolute Gasteiger partial charge is 0.336 e. The van der Waals surface area contributed by atoms with Gasteiger partial charge in [0.05, 0.1) is 5.56 Å². The molecular weight excluding hydrogens is 232 g/mol. The normalized spacial score (nSPS) is 15.8. The van der Waals surface area contributed by atoms with Gasteiger partial charge in [0, 0.05) is 4.47 Å². The fourth-order valence-electron chi connectivity index (χ4n) is 1.46. The largest absolute Gasteiger partial charge is 0.478 e. The highest BCUT2D eigenvalue weighted by molar-refractivity contribution is 9.10. The van der Waals surface area contributed by atoms with Gasteiger partial charge in [0.2, 0.25) is 0 Å². The topological polar surface area (TPSA) is 37.3 Å². The summed E-state index contributed by atoms with van der Waals surface area (Å²) in [6.45, 7) is 0. The van der Waals surface area contributed by atoms with Gasteiger partial charge in [-0.3, -0.25) is 0 Å². The number of rotatable bonds is 2. The molecule has 0 heterocycles. The van der Waals surface area contributed by atoms with Crippen LogP contribution >= 0.6 is 15.9 Å². The fourth-order valence-corrected chi connectivity index (χ4v) is 1.83. The van der Waals surface area contributed by atoms with Crippen LogP contribution in [0.1, 0.15) is 34.7 Å². The third-order valence-corrected chi connectivity index (χ3v) is 2.76. The van der Waals surface area contributed by atoms with Gasteiger partial charge in [-0.25, -0.2) is 4.79 Å². The minimum absolute atomic E-state index is 0.442. The average molecular weight is 241 g/mol. The van der Waals surface area contributed by atoms with E-state index in [4.69, 9.17) is 5.11 Å². The molecule has 0 unspecified atom stereocenters. The van der Waals surface area contributed by atoms with Gasteiger partial charge in [0.15, 0.2) is 0 Å². The van der Waals surface area contributed by atoms with E-state index in [0.717, 1.165) is 22.9 Å². The van der Waals surface area contributed by atoms with Gasteiger partial charge in [0.1, 0.15) is 0 Å². The Hall–Kier alpha value is -0.830. The van der Waals surface area contributed by atoms with E-state index in [0.29, 0.717) is 11.5 Å². The van der Waals surface area contributed by atoms with Crippen molar-refractivity contribution in [2.24, 2.45) is 0 Å². The molecule has 0 aromatic heterocycles. The zero-order valence-electron chi connectivity index (χ0n) is 6.96. The molecule has 1 fully saturated rings. The molecule has 0 atom stereocenters. The lowest BCUT2D eigenvalue weighted by Gasteiger charge is -2.04. The highest BCUT2D eigenvalue weighted by Crippen LogP contribution is 2.42. The summed E-state index contributed by atoms with van der Waals surface area (Å²) < 4.78 is 0.828. The molecule has 0 amide bonds. The molecule has 68 valence electrons. The monoisotopic (exact) mass is 240 g/mol. The highest BCUT2D eigenvalue weighted by atomic mass is 79.9. The average Bonchev–Trinajstić information content (AvgIpc) is 2.87. The van der Waals surface area contributed by atoms with Crippen LogP contribution in [0.25, 0.3) is 0 Å². The van der Waals surface area contributed by atoms with Crippen LogP contribution in [0.15, 0.2) is 22.7 Å². The van der Waals surface area contributed by atoms with E-state index in [1.54, 1.807) is 6.07 Å². The Morgan fingerprint density at radius 2 is 2.15 bits per heavy atom. The molecular formula is C10H9BrO2. The van der Waals surface area contributed by atoms with Crippen LogP contribution < -0.4 is 0 Å². The first kappa shape index (κ1) is 8.75. The molecule has 3 heteroatoms. The van der Waals surface area contributed by atoms with Gasteiger partial charge in [-0.1, -0.05) is 22.0 Å². The van der Waals surface area contributed by atoms with Gasteiger partial charge in [-0.15, -0.1) is 0 Å². The maximum absolute atomic E-state index is 10.9. The van der Waals surface area contributed by atoms with Crippen molar-refractivity contribution < 1.29 is 9.90 Å². The number of carboxylic acids is 1. The van der Waals surface area contributed by atoms with Crippen molar-refractivity contribution in [2.45, 2.75) is 18.8 Å². The highest BCUT2D eigenvalue weighted by Gasteiger charge is 2.27. The molecule has 0 spiro atoms. The van der Waals surface area contributed by atoms with E-state index < -0.39 is 5.97 Å². The summed E-state index contributed by atoms with van der Waals surface area (Å²) >= 11 is 3.27. The molecule has 13 heavy (non-hydrogen) atoms. The number of halogens is 1. The van der Waals surface area contributed by atoms with Gasteiger partial charge in [0.25, 0.3) is 0 Å². The molecule has 1 aromatic carbocycles. The van der Waals surface area contributed by atoms with Crippen LogP contribution in [0.4, 0.5) is 0 Å². The SMILES string of the molecule is O=C(O)c1cc(Br)ccc1C1CC1. The lowest BCUT2D eigenvalue weighted by Crippen LogP contribution is -2.01. The van der Waals surface area contributed by atoms with E-state index in [9.17, 15) is 4.79 Å². The van der Waals surface area contributed by atoms with Crippen LogP contribution in [0.2, 0.25) is 0 Å². The minimum atomic E-state index is -0.830. The number of hydrogen-bond acceptors (Lipinski definition) is 1. The predicted molar refractivity (Wildman–Crippen MR) is 53.1 cm³/mol. The van der Waals surface area contributed by atoms with E-state index in [-0.39, 0.29) is 0 Å². The van der Waals surface area contributed by atoms with E-state index in [2.05, 4.69) is 15.9 Å². The second-order valence-electron chi connectivity index (χ2n) is 3.31. The van der Waals surface area contributed by atoms with Crippen LogP contribution in [0, 0.1) is 0 Å². The van der Waals surface area contributed by atoms with Gasteiger partial charge in [-0.05, 0) is 36.5 Å². The number of aromatic carboxylic acids is 1. The Kier molecular flexibility index (Phi) is 2.12. The maximum atomic E-state index is 10.9. The first-order valence-corrected chi connectivity index (χ1v) is 5.00. The molecule has 0 saturated heterocycles. The molecule has 0 bridgehead atoms. The summed E-state index contributed by atoms with van der Waals surface area (Å²) in [5, 5.41) is 8.95. The number of hydrogen-bond donors (Lipinski definition) is 1. The second-order valence-corrected chi connectivity index (χ2v) is 4.23. The Morgan fingerprint density at radius 1 is 1.46 bits per heavy atom. The summed E-state index contributed by atoms with van der Waals surface area (Å²) in [6.07, 6.45) is 2.25. The summed E-state index contributed by atoms with van der Waals surface area (Å²) in [7, 11) is 0. The third kappa shape index (κ3) is 1.75. The van der Waals surface area contributed by atoms with Gasteiger partial charge in [-0.2, -0.15) is 0 Å². The minimum Gasteiger partial charge on any atom is -0.478 e. The third-order valence-electron chi connectivity index (χ3n) is 2.26. The Morgan fingerprint density at radius 3 is 2.69 bits per heavy atom. The van der Waals surface area contributed by atoms with E-state index in [1.807, 2.05) is 12.1 Å². The maximum Gasteiger partial charge on any atom is 0.336 e. The first-order chi connectivity index (χ1) is 6.18. The number of carboxylic acid groups (broad SMARTS) is 1. The molecule has 2 rings (SSSR count). The summed E-state index contributed by atoms with van der Waals surface area (Å²) in [5.41, 5.74) is 1.42. The standard InChI is InChI=1S/C10H9BrO2/c11-7-3-4-8(6-1-2-6)9(5-7)10(12)13/h3-6H,1-2H2,(H,12,13). The van der Waals surface area contributed by atoms with Crippen LogP contribution in [0.3, 0.4) is 0 Å². The molecule has 1 saturated carbocycles. The summed E-state index contributed by atoms with van der Waals surface area (Å²) in [5.74, 6) is -0.345. The second kappa shape index (κ2) is 3.14. The predicted octanol–water partition coefficient (Wildman–Crippen LogP) is 3.02. The molecule has 1 aliphatic rings. The molecule has 2 nitrogen and oxygen atoms in total. The summed E-state index contributed by atoms with van der Waals surface area (Å²) in [6, 6.07) is 5.49. The fraction of sp³-hybridized carbons (Fsp3) is 0.300. The molecule has 1 aromatic rings. The Balaban J connectivity index is 2.47. The Bertz CT molecular complexity index is 356. The van der Waals surface area contributed by atoms with Crippen molar-refractivity contribution in [3.63, 3.8) is 0 Å². The van der Waals surface area contributed by atoms with Crippen molar-refractivity contribution in [1.82, 2.24) is 0 Å². The lowest BCUT2D eigenvalue weighted by molar-refractivity contribution is 0.0695.